The smallest absolute Gasteiger partial charge is 0.417 e. The largest absolute Gasteiger partial charge is 0.448 e. The Hall–Kier alpha value is -1.60. The van der Waals surface area contributed by atoms with E-state index in [0.29, 0.717) is 16.4 Å². The van der Waals surface area contributed by atoms with Crippen LogP contribution in [0.4, 0.5) is 0 Å². The van der Waals surface area contributed by atoms with Crippen LogP contribution in [0.5, 0.6) is 6.08 Å². The molecule has 2 rings (SSSR count). The number of hydrogen-bond donors (Lipinski definition) is 0. The molecule has 6 nitrogen and oxygen atoms in total. The molecule has 0 amide bonds. The third-order valence-electron chi connectivity index (χ3n) is 2.20. The van der Waals surface area contributed by atoms with Crippen LogP contribution in [0.25, 0.3) is 11.4 Å². The molecule has 1 heterocycles. The van der Waals surface area contributed by atoms with Crippen LogP contribution in [0.1, 0.15) is 0 Å². The number of halogens is 1. The van der Waals surface area contributed by atoms with Crippen molar-refractivity contribution in [2.24, 2.45) is 0 Å². The Labute approximate surface area is 115 Å². The second kappa shape index (κ2) is 5.58. The molecule has 0 saturated heterocycles. The Kier molecular flexibility index (Phi) is 4.06. The predicted molar refractivity (Wildman–Crippen MR) is 69.9 cm³/mol. The summed E-state index contributed by atoms with van der Waals surface area (Å²) >= 11 is 5.99. The highest BCUT2D eigenvalue weighted by atomic mass is 35.5. The zero-order valence-corrected chi connectivity index (χ0v) is 11.6. The maximum absolute atomic E-state index is 10.9. The Morgan fingerprint density at radius 3 is 2.79 bits per heavy atom. The van der Waals surface area contributed by atoms with Gasteiger partial charge in [0, 0.05) is 11.8 Å². The second-order valence-corrected chi connectivity index (χ2v) is 6.51. The monoisotopic (exact) mass is 302 g/mol. The minimum Gasteiger partial charge on any atom is -0.448 e. The zero-order chi connectivity index (χ0) is 13.9. The van der Waals surface area contributed by atoms with Crippen molar-refractivity contribution >= 4 is 21.4 Å². The minimum atomic E-state index is -3.08. The highest BCUT2D eigenvalue weighted by molar-refractivity contribution is 7.90. The molecule has 2 aromatic rings. The maximum atomic E-state index is 10.9. The van der Waals surface area contributed by atoms with E-state index in [4.69, 9.17) is 20.9 Å². The van der Waals surface area contributed by atoms with Gasteiger partial charge in [0.05, 0.1) is 10.8 Å². The number of aromatic nitrogens is 2. The summed E-state index contributed by atoms with van der Waals surface area (Å²) in [4.78, 5) is 3.98. The molecule has 102 valence electrons. The van der Waals surface area contributed by atoms with Crippen LogP contribution < -0.4 is 4.74 Å². The Bertz CT molecular complexity index is 669. The number of hydrogen-bond acceptors (Lipinski definition) is 6. The van der Waals surface area contributed by atoms with Crippen molar-refractivity contribution in [3.8, 4) is 17.5 Å². The molecule has 1 aromatic carbocycles. The Morgan fingerprint density at radius 2 is 2.11 bits per heavy atom. The molecule has 0 fully saturated rings. The number of benzene rings is 1. The van der Waals surface area contributed by atoms with Gasteiger partial charge in [-0.1, -0.05) is 28.9 Å². The molecule has 0 aliphatic rings. The van der Waals surface area contributed by atoms with Gasteiger partial charge in [-0.15, -0.1) is 0 Å². The van der Waals surface area contributed by atoms with Crippen LogP contribution in [0, 0.1) is 0 Å². The van der Waals surface area contributed by atoms with Crippen molar-refractivity contribution in [3.05, 3.63) is 29.3 Å². The van der Waals surface area contributed by atoms with Gasteiger partial charge >= 0.3 is 6.08 Å². The lowest BCUT2D eigenvalue weighted by molar-refractivity contribution is 0.216. The summed E-state index contributed by atoms with van der Waals surface area (Å²) in [7, 11) is -3.08. The van der Waals surface area contributed by atoms with Crippen LogP contribution in [-0.4, -0.2) is 37.2 Å². The average Bonchev–Trinajstić information content (AvgIpc) is 2.76. The second-order valence-electron chi connectivity index (χ2n) is 3.84. The van der Waals surface area contributed by atoms with Gasteiger partial charge < -0.3 is 4.74 Å². The van der Waals surface area contributed by atoms with Gasteiger partial charge in [0.1, 0.15) is 6.61 Å². The van der Waals surface area contributed by atoms with E-state index in [1.165, 1.54) is 0 Å². The summed E-state index contributed by atoms with van der Waals surface area (Å²) in [6, 6.07) is 7.03. The van der Waals surface area contributed by atoms with Crippen LogP contribution in [-0.2, 0) is 9.84 Å². The van der Waals surface area contributed by atoms with E-state index in [-0.39, 0.29) is 18.4 Å². The fourth-order valence-corrected chi connectivity index (χ4v) is 1.91. The lowest BCUT2D eigenvalue weighted by Crippen LogP contribution is -2.12. The standard InChI is InChI=1S/C11H11ClN2O4S/c1-19(15,16)7-6-17-11-13-10(14-18-11)8-4-2-3-5-9(8)12/h2-5H,6-7H2,1H3. The molecule has 0 N–H and O–H groups in total. The van der Waals surface area contributed by atoms with Crippen molar-refractivity contribution in [1.82, 2.24) is 10.1 Å². The molecule has 0 aliphatic heterocycles. The van der Waals surface area contributed by atoms with Crippen LogP contribution in [0.2, 0.25) is 5.02 Å². The molecule has 19 heavy (non-hydrogen) atoms. The molecule has 0 spiro atoms. The molecule has 8 heteroatoms. The molecule has 0 unspecified atom stereocenters. The molecular formula is C11H11ClN2O4S. The van der Waals surface area contributed by atoms with Gasteiger partial charge in [-0.3, -0.25) is 4.52 Å². The van der Waals surface area contributed by atoms with Gasteiger partial charge in [-0.05, 0) is 12.1 Å². The fourth-order valence-electron chi connectivity index (χ4n) is 1.30. The van der Waals surface area contributed by atoms with E-state index in [0.717, 1.165) is 6.26 Å². The summed E-state index contributed by atoms with van der Waals surface area (Å²) in [5.41, 5.74) is 0.617. The van der Waals surface area contributed by atoms with E-state index in [9.17, 15) is 8.42 Å². The first-order valence-corrected chi connectivity index (χ1v) is 7.79. The van der Waals surface area contributed by atoms with Gasteiger partial charge in [0.2, 0.25) is 5.82 Å². The van der Waals surface area contributed by atoms with Crippen molar-refractivity contribution in [2.45, 2.75) is 0 Å². The lowest BCUT2D eigenvalue weighted by atomic mass is 10.2. The van der Waals surface area contributed by atoms with Gasteiger partial charge in [-0.2, -0.15) is 4.98 Å². The number of rotatable bonds is 5. The third-order valence-corrected chi connectivity index (χ3v) is 3.44. The first kappa shape index (κ1) is 13.8. The summed E-state index contributed by atoms with van der Waals surface area (Å²) < 4.78 is 31.8. The van der Waals surface area contributed by atoms with Crippen molar-refractivity contribution in [2.75, 3.05) is 18.6 Å². The van der Waals surface area contributed by atoms with Gasteiger partial charge in [-0.25, -0.2) is 8.42 Å². The molecule has 1 aromatic heterocycles. The first-order valence-electron chi connectivity index (χ1n) is 5.35. The Balaban J connectivity index is 2.06. The SMILES string of the molecule is CS(=O)(=O)CCOc1nc(-c2ccccc2Cl)no1. The minimum absolute atomic E-state index is 0.0387. The van der Waals surface area contributed by atoms with Crippen LogP contribution >= 0.6 is 11.6 Å². The summed E-state index contributed by atoms with van der Waals surface area (Å²) in [5.74, 6) is 0.177. The van der Waals surface area contributed by atoms with Gasteiger partial charge in [0.25, 0.3) is 0 Å². The Morgan fingerprint density at radius 1 is 1.37 bits per heavy atom. The normalized spacial score (nSPS) is 11.5. The topological polar surface area (TPSA) is 82.3 Å². The van der Waals surface area contributed by atoms with Crippen molar-refractivity contribution < 1.29 is 17.7 Å². The molecular weight excluding hydrogens is 292 g/mol. The van der Waals surface area contributed by atoms with E-state index < -0.39 is 9.84 Å². The van der Waals surface area contributed by atoms with Crippen molar-refractivity contribution in [3.63, 3.8) is 0 Å². The summed E-state index contributed by atoms with van der Waals surface area (Å²) in [6.45, 7) is -0.0387. The highest BCUT2D eigenvalue weighted by Crippen LogP contribution is 2.26. The molecule has 0 aliphatic carbocycles. The van der Waals surface area contributed by atoms with Crippen LogP contribution in [0.3, 0.4) is 0 Å². The zero-order valence-electron chi connectivity index (χ0n) is 10.0. The molecule has 0 atom stereocenters. The molecule has 0 bridgehead atoms. The number of nitrogens with zero attached hydrogens (tertiary/aromatic N) is 2. The highest BCUT2D eigenvalue weighted by Gasteiger charge is 2.12. The molecule has 0 saturated carbocycles. The molecule has 0 radical (unpaired) electrons. The van der Waals surface area contributed by atoms with E-state index >= 15 is 0 Å². The number of sulfone groups is 1. The quantitative estimate of drug-likeness (QED) is 0.838. The first-order chi connectivity index (χ1) is 8.96. The average molecular weight is 303 g/mol. The maximum Gasteiger partial charge on any atom is 0.417 e. The van der Waals surface area contributed by atoms with Crippen molar-refractivity contribution in [1.29, 1.82) is 0 Å². The van der Waals surface area contributed by atoms with E-state index in [2.05, 4.69) is 10.1 Å². The van der Waals surface area contributed by atoms with Crippen LogP contribution in [0.15, 0.2) is 28.8 Å². The predicted octanol–water partition coefficient (Wildman–Crippen LogP) is 1.81. The lowest BCUT2D eigenvalue weighted by Gasteiger charge is -1.98. The summed E-state index contributed by atoms with van der Waals surface area (Å²) in [6.07, 6.45) is 1.04. The fraction of sp³-hybridized carbons (Fsp3) is 0.273. The number of ether oxygens (including phenoxy) is 1. The summed E-state index contributed by atoms with van der Waals surface area (Å²) in [5, 5.41) is 4.21. The van der Waals surface area contributed by atoms with Gasteiger partial charge in [0.15, 0.2) is 9.84 Å². The third kappa shape index (κ3) is 3.93. The van der Waals surface area contributed by atoms with E-state index in [1.807, 2.05) is 0 Å². The van der Waals surface area contributed by atoms with E-state index in [1.54, 1.807) is 24.3 Å².